The van der Waals surface area contributed by atoms with E-state index in [-0.39, 0.29) is 10.5 Å². The fourth-order valence-corrected chi connectivity index (χ4v) is 3.57. The highest BCUT2D eigenvalue weighted by Gasteiger charge is 2.38. The highest BCUT2D eigenvalue weighted by Crippen LogP contribution is 2.40. The summed E-state index contributed by atoms with van der Waals surface area (Å²) in [5.74, 6) is 1.37. The number of hydrogen-bond donors (Lipinski definition) is 0. The Morgan fingerprint density at radius 1 is 1.69 bits per heavy atom. The molecule has 1 aliphatic rings. The maximum absolute atomic E-state index is 12.0. The zero-order valence-electron chi connectivity index (χ0n) is 7.45. The summed E-state index contributed by atoms with van der Waals surface area (Å²) in [6.45, 7) is 2.05. The molecular formula is C9H11NOS2. The minimum Gasteiger partial charge on any atom is -0.292 e. The number of carbonyl (C=O) groups is 1. The summed E-state index contributed by atoms with van der Waals surface area (Å²) in [6.07, 6.45) is 3.84. The lowest BCUT2D eigenvalue weighted by Gasteiger charge is -2.19. The lowest BCUT2D eigenvalue weighted by Crippen LogP contribution is -2.27. The first-order valence-electron chi connectivity index (χ1n) is 4.30. The zero-order chi connectivity index (χ0) is 9.31. The van der Waals surface area contributed by atoms with Crippen molar-refractivity contribution in [3.63, 3.8) is 0 Å². The Labute approximate surface area is 85.8 Å². The lowest BCUT2D eigenvalue weighted by molar-refractivity contribution is 0.0953. The minimum atomic E-state index is -0.174. The Morgan fingerprint density at radius 2 is 2.54 bits per heavy atom. The van der Waals surface area contributed by atoms with E-state index in [2.05, 4.69) is 4.98 Å². The van der Waals surface area contributed by atoms with Crippen molar-refractivity contribution in [2.45, 2.75) is 24.5 Å². The van der Waals surface area contributed by atoms with E-state index in [9.17, 15) is 4.79 Å². The number of thiazole rings is 1. The van der Waals surface area contributed by atoms with Crippen LogP contribution in [0.5, 0.6) is 0 Å². The molecule has 1 fully saturated rings. The standard InChI is InChI=1S/C9H11NOS2/c1-9(3-2-4-13-9)8(11)7-5-10-6-12-7/h5-6H,2-4H2,1H3. The Hall–Kier alpha value is -0.350. The van der Waals surface area contributed by atoms with Crippen LogP contribution in [-0.4, -0.2) is 21.3 Å². The first-order chi connectivity index (χ1) is 6.22. The molecule has 1 aromatic rings. The molecule has 0 saturated carbocycles. The van der Waals surface area contributed by atoms with Gasteiger partial charge in [0.15, 0.2) is 5.78 Å². The molecule has 0 N–H and O–H groups in total. The topological polar surface area (TPSA) is 30.0 Å². The zero-order valence-corrected chi connectivity index (χ0v) is 9.08. The molecule has 0 aromatic carbocycles. The van der Waals surface area contributed by atoms with E-state index < -0.39 is 0 Å². The molecule has 1 aliphatic heterocycles. The molecule has 0 amide bonds. The van der Waals surface area contributed by atoms with E-state index >= 15 is 0 Å². The third kappa shape index (κ3) is 1.65. The van der Waals surface area contributed by atoms with Gasteiger partial charge < -0.3 is 0 Å². The molecule has 0 aliphatic carbocycles. The van der Waals surface area contributed by atoms with Crippen LogP contribution in [0.25, 0.3) is 0 Å². The van der Waals surface area contributed by atoms with Gasteiger partial charge in [0.25, 0.3) is 0 Å². The summed E-state index contributed by atoms with van der Waals surface area (Å²) < 4.78 is -0.174. The molecule has 1 unspecified atom stereocenters. The molecule has 70 valence electrons. The number of ketones is 1. The maximum atomic E-state index is 12.0. The summed E-state index contributed by atoms with van der Waals surface area (Å²) in [5.41, 5.74) is 1.72. The molecule has 1 aromatic heterocycles. The van der Waals surface area contributed by atoms with E-state index in [0.717, 1.165) is 23.5 Å². The maximum Gasteiger partial charge on any atom is 0.190 e. The Bertz CT molecular complexity index is 301. The molecule has 4 heteroatoms. The molecule has 0 bridgehead atoms. The van der Waals surface area contributed by atoms with Crippen LogP contribution in [0, 0.1) is 0 Å². The SMILES string of the molecule is CC1(C(=O)c2cncs2)CCCS1. The molecule has 2 nitrogen and oxygen atoms in total. The first kappa shape index (κ1) is 9.21. The van der Waals surface area contributed by atoms with Crippen LogP contribution in [0.3, 0.4) is 0 Å². The van der Waals surface area contributed by atoms with E-state index in [1.807, 2.05) is 6.92 Å². The third-order valence-electron chi connectivity index (χ3n) is 2.36. The van der Waals surface area contributed by atoms with Crippen molar-refractivity contribution in [1.29, 1.82) is 0 Å². The number of Topliss-reactive ketones (excluding diaryl/α,β-unsaturated/α-hetero) is 1. The van der Waals surface area contributed by atoms with Crippen molar-refractivity contribution in [3.05, 3.63) is 16.6 Å². The number of aromatic nitrogens is 1. The Kier molecular flexibility index (Phi) is 2.43. The van der Waals surface area contributed by atoms with Gasteiger partial charge in [-0.05, 0) is 25.5 Å². The van der Waals surface area contributed by atoms with Gasteiger partial charge in [-0.2, -0.15) is 0 Å². The van der Waals surface area contributed by atoms with Gasteiger partial charge in [0, 0.05) is 6.20 Å². The van der Waals surface area contributed by atoms with Crippen molar-refractivity contribution in [1.82, 2.24) is 4.98 Å². The van der Waals surface area contributed by atoms with Gasteiger partial charge in [0.05, 0.1) is 15.1 Å². The van der Waals surface area contributed by atoms with Gasteiger partial charge in [-0.3, -0.25) is 9.78 Å². The van der Waals surface area contributed by atoms with Crippen LogP contribution in [0.15, 0.2) is 11.7 Å². The smallest absolute Gasteiger partial charge is 0.190 e. The lowest BCUT2D eigenvalue weighted by atomic mass is 10.00. The van der Waals surface area contributed by atoms with Gasteiger partial charge in [0.2, 0.25) is 0 Å². The summed E-state index contributed by atoms with van der Waals surface area (Å²) >= 11 is 3.22. The molecular weight excluding hydrogens is 202 g/mol. The van der Waals surface area contributed by atoms with Crippen LogP contribution < -0.4 is 0 Å². The van der Waals surface area contributed by atoms with E-state index in [4.69, 9.17) is 0 Å². The van der Waals surface area contributed by atoms with E-state index in [1.54, 1.807) is 23.5 Å². The fourth-order valence-electron chi connectivity index (χ4n) is 1.55. The molecule has 1 atom stereocenters. The van der Waals surface area contributed by atoms with Crippen LogP contribution in [-0.2, 0) is 0 Å². The van der Waals surface area contributed by atoms with Crippen LogP contribution in [0.2, 0.25) is 0 Å². The molecule has 0 spiro atoms. The van der Waals surface area contributed by atoms with Crippen LogP contribution in [0.1, 0.15) is 29.4 Å². The quantitative estimate of drug-likeness (QED) is 0.707. The minimum absolute atomic E-state index is 0.174. The van der Waals surface area contributed by atoms with Crippen molar-refractivity contribution in [2.24, 2.45) is 0 Å². The van der Waals surface area contributed by atoms with Crippen molar-refractivity contribution in [2.75, 3.05) is 5.75 Å². The average molecular weight is 213 g/mol. The predicted octanol–water partition coefficient (Wildman–Crippen LogP) is 2.61. The monoisotopic (exact) mass is 213 g/mol. The summed E-state index contributed by atoms with van der Waals surface area (Å²) in [6, 6.07) is 0. The number of thioether (sulfide) groups is 1. The second kappa shape index (κ2) is 3.42. The van der Waals surface area contributed by atoms with Gasteiger partial charge in [-0.1, -0.05) is 0 Å². The molecule has 1 saturated heterocycles. The van der Waals surface area contributed by atoms with Gasteiger partial charge >= 0.3 is 0 Å². The number of carbonyl (C=O) groups excluding carboxylic acids is 1. The number of rotatable bonds is 2. The second-order valence-electron chi connectivity index (χ2n) is 3.38. The van der Waals surface area contributed by atoms with Crippen molar-refractivity contribution < 1.29 is 4.79 Å². The van der Waals surface area contributed by atoms with E-state index in [1.165, 1.54) is 11.3 Å². The number of hydrogen-bond acceptors (Lipinski definition) is 4. The molecule has 13 heavy (non-hydrogen) atoms. The van der Waals surface area contributed by atoms with E-state index in [0.29, 0.717) is 0 Å². The first-order valence-corrected chi connectivity index (χ1v) is 6.16. The van der Waals surface area contributed by atoms with Gasteiger partial charge in [0.1, 0.15) is 0 Å². The summed E-state index contributed by atoms with van der Waals surface area (Å²) in [4.78, 5) is 16.7. The Morgan fingerprint density at radius 3 is 3.08 bits per heavy atom. The largest absolute Gasteiger partial charge is 0.292 e. The molecule has 0 radical (unpaired) electrons. The molecule has 2 heterocycles. The van der Waals surface area contributed by atoms with Crippen molar-refractivity contribution >= 4 is 28.9 Å². The highest BCUT2D eigenvalue weighted by atomic mass is 32.2. The van der Waals surface area contributed by atoms with Gasteiger partial charge in [-0.15, -0.1) is 23.1 Å². The third-order valence-corrected chi connectivity index (χ3v) is 4.65. The molecule has 2 rings (SSSR count). The average Bonchev–Trinajstić information content (AvgIpc) is 2.73. The fraction of sp³-hybridized carbons (Fsp3) is 0.556. The second-order valence-corrected chi connectivity index (χ2v) is 5.86. The normalized spacial score (nSPS) is 27.8. The summed E-state index contributed by atoms with van der Waals surface area (Å²) in [7, 11) is 0. The van der Waals surface area contributed by atoms with Crippen LogP contribution in [0.4, 0.5) is 0 Å². The number of nitrogens with zero attached hydrogens (tertiary/aromatic N) is 1. The summed E-state index contributed by atoms with van der Waals surface area (Å²) in [5, 5.41) is 0. The van der Waals surface area contributed by atoms with Crippen molar-refractivity contribution in [3.8, 4) is 0 Å². The van der Waals surface area contributed by atoms with Crippen LogP contribution >= 0.6 is 23.1 Å². The Balaban J connectivity index is 2.21. The highest BCUT2D eigenvalue weighted by molar-refractivity contribution is 8.01. The predicted molar refractivity (Wildman–Crippen MR) is 56.5 cm³/mol. The van der Waals surface area contributed by atoms with Gasteiger partial charge in [-0.25, -0.2) is 0 Å².